The van der Waals surface area contributed by atoms with Gasteiger partial charge in [0.15, 0.2) is 0 Å². The molecule has 0 radical (unpaired) electrons. The van der Waals surface area contributed by atoms with Gasteiger partial charge in [-0.05, 0) is 42.0 Å². The van der Waals surface area contributed by atoms with E-state index in [9.17, 15) is 8.42 Å². The summed E-state index contributed by atoms with van der Waals surface area (Å²) in [5, 5.41) is 7.61. The van der Waals surface area contributed by atoms with Crippen LogP contribution in [0.2, 0.25) is 0 Å². The summed E-state index contributed by atoms with van der Waals surface area (Å²) in [5.41, 5.74) is 2.76. The van der Waals surface area contributed by atoms with E-state index in [0.29, 0.717) is 11.0 Å². The van der Waals surface area contributed by atoms with Gasteiger partial charge in [0.2, 0.25) is 0 Å². The van der Waals surface area contributed by atoms with E-state index in [1.54, 1.807) is 30.3 Å². The van der Waals surface area contributed by atoms with Crippen LogP contribution < -0.4 is 4.28 Å². The Bertz CT molecular complexity index is 944. The van der Waals surface area contributed by atoms with Gasteiger partial charge in [0, 0.05) is 0 Å². The molecule has 7 heteroatoms. The van der Waals surface area contributed by atoms with Crippen molar-refractivity contribution in [3.8, 4) is 0 Å². The fourth-order valence-electron chi connectivity index (χ4n) is 1.94. The Morgan fingerprint density at radius 3 is 2.59 bits per heavy atom. The molecule has 1 aromatic heterocycles. The minimum atomic E-state index is -3.98. The molecule has 0 aliphatic heterocycles. The Hall–Kier alpha value is -2.67. The molecule has 0 saturated carbocycles. The second kappa shape index (κ2) is 5.27. The van der Waals surface area contributed by atoms with Crippen molar-refractivity contribution in [1.82, 2.24) is 15.2 Å². The lowest BCUT2D eigenvalue weighted by molar-refractivity contribution is 0.245. The fraction of sp³-hybridized carbons (Fsp3) is 0.0667. The molecule has 0 atom stereocenters. The minimum absolute atomic E-state index is 0.0571. The normalized spacial score (nSPS) is 11.5. The van der Waals surface area contributed by atoms with E-state index in [-0.39, 0.29) is 4.90 Å². The molecule has 3 rings (SSSR count). The number of hydrogen-bond acceptors (Lipinski definition) is 5. The zero-order valence-corrected chi connectivity index (χ0v) is 12.6. The van der Waals surface area contributed by atoms with Crippen LogP contribution >= 0.6 is 0 Å². The first kappa shape index (κ1) is 14.3. The Kier molecular flexibility index (Phi) is 3.42. The molecule has 0 bridgehead atoms. The monoisotopic (exact) mass is 315 g/mol. The number of benzene rings is 2. The summed E-state index contributed by atoms with van der Waals surface area (Å²) in [5.74, 6) is 0. The highest BCUT2D eigenvalue weighted by atomic mass is 32.2. The molecule has 2 aromatic carbocycles. The van der Waals surface area contributed by atoms with Crippen molar-refractivity contribution in [1.29, 1.82) is 0 Å². The van der Waals surface area contributed by atoms with Gasteiger partial charge in [-0.25, -0.2) is 0 Å². The molecule has 0 amide bonds. The van der Waals surface area contributed by atoms with E-state index in [0.717, 1.165) is 16.0 Å². The molecule has 3 aromatic rings. The highest BCUT2D eigenvalue weighted by molar-refractivity contribution is 7.87. The maximum atomic E-state index is 12.3. The summed E-state index contributed by atoms with van der Waals surface area (Å²) in [6.07, 6.45) is 1.64. The Morgan fingerprint density at radius 1 is 1.18 bits per heavy atom. The topological polar surface area (TPSA) is 74.1 Å². The molecule has 0 unspecified atom stereocenters. The predicted molar refractivity (Wildman–Crippen MR) is 82.6 cm³/mol. The smallest absolute Gasteiger partial charge is 0.264 e. The molecule has 0 aliphatic carbocycles. The van der Waals surface area contributed by atoms with Crippen LogP contribution in [0.5, 0.6) is 0 Å². The van der Waals surface area contributed by atoms with Crippen molar-refractivity contribution in [2.45, 2.75) is 11.8 Å². The van der Waals surface area contributed by atoms with Gasteiger partial charge in [-0.15, -0.1) is 5.10 Å². The number of fused-ring (bicyclic) bond motifs is 1. The zero-order chi connectivity index (χ0) is 15.7. The largest absolute Gasteiger partial charge is 0.358 e. The third-order valence-corrected chi connectivity index (χ3v) is 4.34. The summed E-state index contributed by atoms with van der Waals surface area (Å²) in [6, 6.07) is 11.6. The number of aryl methyl sites for hydroxylation is 1. The van der Waals surface area contributed by atoms with Crippen LogP contribution in [0.25, 0.3) is 17.1 Å². The van der Waals surface area contributed by atoms with E-state index in [1.807, 2.05) is 13.0 Å². The SMILES string of the molecule is C=Cc1ccc2nnn(OS(=O)(=O)c3ccc(C)cc3)c2c1. The first-order valence-electron chi connectivity index (χ1n) is 6.49. The van der Waals surface area contributed by atoms with Crippen LogP contribution in [0, 0.1) is 6.92 Å². The van der Waals surface area contributed by atoms with Crippen molar-refractivity contribution in [3.63, 3.8) is 0 Å². The van der Waals surface area contributed by atoms with Gasteiger partial charge in [-0.3, -0.25) is 4.28 Å². The second-order valence-electron chi connectivity index (χ2n) is 4.76. The maximum absolute atomic E-state index is 12.3. The molecular formula is C15H13N3O3S. The number of aromatic nitrogens is 3. The third kappa shape index (κ3) is 2.58. The van der Waals surface area contributed by atoms with Crippen LogP contribution in [-0.2, 0) is 10.1 Å². The van der Waals surface area contributed by atoms with Crippen LogP contribution in [0.1, 0.15) is 11.1 Å². The molecule has 0 N–H and O–H groups in total. The van der Waals surface area contributed by atoms with Gasteiger partial charge < -0.3 is 0 Å². The highest BCUT2D eigenvalue weighted by Gasteiger charge is 2.19. The van der Waals surface area contributed by atoms with Crippen LogP contribution in [-0.4, -0.2) is 23.6 Å². The quantitative estimate of drug-likeness (QED) is 0.738. The maximum Gasteiger partial charge on any atom is 0.358 e. The standard InChI is InChI=1S/C15H13N3O3S/c1-3-12-6-9-14-15(10-12)18(17-16-14)21-22(19,20)13-7-4-11(2)5-8-13/h3-10H,1H2,2H3. The third-order valence-electron chi connectivity index (χ3n) is 3.15. The van der Waals surface area contributed by atoms with Gasteiger partial charge in [0.05, 0.1) is 0 Å². The van der Waals surface area contributed by atoms with Gasteiger partial charge in [0.1, 0.15) is 15.9 Å². The summed E-state index contributed by atoms with van der Waals surface area (Å²) in [4.78, 5) is 0.957. The van der Waals surface area contributed by atoms with Crippen LogP contribution in [0.3, 0.4) is 0 Å². The fourth-order valence-corrected chi connectivity index (χ4v) is 2.79. The number of nitrogens with zero attached hydrogens (tertiary/aromatic N) is 3. The molecule has 6 nitrogen and oxygen atoms in total. The lowest BCUT2D eigenvalue weighted by Gasteiger charge is -2.06. The molecule has 112 valence electrons. The molecule has 1 heterocycles. The lowest BCUT2D eigenvalue weighted by Crippen LogP contribution is -2.21. The average molecular weight is 315 g/mol. The number of rotatable bonds is 4. The van der Waals surface area contributed by atoms with Gasteiger partial charge in [-0.1, -0.05) is 41.3 Å². The Labute approximate surface area is 127 Å². The molecule has 22 heavy (non-hydrogen) atoms. The van der Waals surface area contributed by atoms with E-state index >= 15 is 0 Å². The van der Waals surface area contributed by atoms with Gasteiger partial charge >= 0.3 is 10.1 Å². The summed E-state index contributed by atoms with van der Waals surface area (Å²) in [7, 11) is -3.98. The van der Waals surface area contributed by atoms with Crippen molar-refractivity contribution in [2.24, 2.45) is 0 Å². The van der Waals surface area contributed by atoms with E-state index in [2.05, 4.69) is 16.9 Å². The molecule has 0 fully saturated rings. The Morgan fingerprint density at radius 2 is 1.91 bits per heavy atom. The predicted octanol–water partition coefficient (Wildman–Crippen LogP) is 2.20. The van der Waals surface area contributed by atoms with Crippen molar-refractivity contribution >= 4 is 27.2 Å². The molecule has 0 aliphatic rings. The number of hydrogen-bond donors (Lipinski definition) is 0. The van der Waals surface area contributed by atoms with Crippen LogP contribution in [0.15, 0.2) is 53.9 Å². The summed E-state index contributed by atoms with van der Waals surface area (Å²) >= 11 is 0. The molecular weight excluding hydrogens is 302 g/mol. The average Bonchev–Trinajstić information content (AvgIpc) is 2.89. The van der Waals surface area contributed by atoms with Gasteiger partial charge in [0.25, 0.3) is 0 Å². The lowest BCUT2D eigenvalue weighted by atomic mass is 10.2. The van der Waals surface area contributed by atoms with Crippen molar-refractivity contribution in [3.05, 3.63) is 60.2 Å². The van der Waals surface area contributed by atoms with E-state index < -0.39 is 10.1 Å². The van der Waals surface area contributed by atoms with Crippen molar-refractivity contribution < 1.29 is 12.7 Å². The van der Waals surface area contributed by atoms with Crippen molar-refractivity contribution in [2.75, 3.05) is 0 Å². The first-order chi connectivity index (χ1) is 10.5. The molecule has 0 saturated heterocycles. The highest BCUT2D eigenvalue weighted by Crippen LogP contribution is 2.16. The second-order valence-corrected chi connectivity index (χ2v) is 6.29. The minimum Gasteiger partial charge on any atom is -0.264 e. The van der Waals surface area contributed by atoms with E-state index in [4.69, 9.17) is 4.28 Å². The van der Waals surface area contributed by atoms with Gasteiger partial charge in [-0.2, -0.15) is 8.42 Å². The van der Waals surface area contributed by atoms with Crippen LogP contribution in [0.4, 0.5) is 0 Å². The zero-order valence-electron chi connectivity index (χ0n) is 11.8. The summed E-state index contributed by atoms with van der Waals surface area (Å²) < 4.78 is 29.6. The van der Waals surface area contributed by atoms with E-state index in [1.165, 1.54) is 12.1 Å². The summed E-state index contributed by atoms with van der Waals surface area (Å²) in [6.45, 7) is 5.55. The Balaban J connectivity index is 2.01. The first-order valence-corrected chi connectivity index (χ1v) is 7.90. The molecule has 0 spiro atoms.